The van der Waals surface area contributed by atoms with E-state index in [-0.39, 0.29) is 18.5 Å². The summed E-state index contributed by atoms with van der Waals surface area (Å²) >= 11 is 0. The van der Waals surface area contributed by atoms with Gasteiger partial charge in [0.15, 0.2) is 5.75 Å². The molecule has 1 aliphatic heterocycles. The predicted octanol–water partition coefficient (Wildman–Crippen LogP) is 1.19. The third kappa shape index (κ3) is 1.98. The maximum atomic E-state index is 11.4. The highest BCUT2D eigenvalue weighted by Crippen LogP contribution is 2.28. The van der Waals surface area contributed by atoms with Crippen LogP contribution >= 0.6 is 0 Å². The number of fused-ring (bicyclic) bond motifs is 1. The van der Waals surface area contributed by atoms with Crippen molar-refractivity contribution >= 4 is 17.6 Å². The summed E-state index contributed by atoms with van der Waals surface area (Å²) in [6.45, 7) is 2.19. The molecule has 0 atom stereocenters. The predicted molar refractivity (Wildman–Crippen MR) is 56.5 cm³/mol. The molecule has 5 nitrogen and oxygen atoms in total. The van der Waals surface area contributed by atoms with Crippen molar-refractivity contribution in [1.29, 1.82) is 0 Å². The van der Waals surface area contributed by atoms with Crippen LogP contribution in [0.25, 0.3) is 0 Å². The van der Waals surface area contributed by atoms with Gasteiger partial charge in [0.25, 0.3) is 0 Å². The summed E-state index contributed by atoms with van der Waals surface area (Å²) in [6, 6.07) is 4.75. The van der Waals surface area contributed by atoms with Gasteiger partial charge >= 0.3 is 11.9 Å². The second-order valence-electron chi connectivity index (χ2n) is 3.26. The van der Waals surface area contributed by atoms with Crippen LogP contribution in [-0.2, 0) is 9.53 Å². The number of esters is 2. The van der Waals surface area contributed by atoms with Crippen LogP contribution in [0.3, 0.4) is 0 Å². The monoisotopic (exact) mass is 221 g/mol. The third-order valence-electron chi connectivity index (χ3n) is 2.14. The molecule has 0 radical (unpaired) electrons. The van der Waals surface area contributed by atoms with Crippen molar-refractivity contribution in [2.24, 2.45) is 0 Å². The first-order chi connectivity index (χ1) is 7.70. The van der Waals surface area contributed by atoms with Gasteiger partial charge in [-0.25, -0.2) is 9.59 Å². The number of hydrogen-bond donors (Lipinski definition) is 1. The quantitative estimate of drug-likeness (QED) is 0.600. The summed E-state index contributed by atoms with van der Waals surface area (Å²) in [5, 5.41) is 2.87. The van der Waals surface area contributed by atoms with Crippen LogP contribution in [0.5, 0.6) is 5.75 Å². The molecule has 5 heteroatoms. The highest BCUT2D eigenvalue weighted by Gasteiger charge is 2.18. The topological polar surface area (TPSA) is 64.6 Å². The van der Waals surface area contributed by atoms with Crippen LogP contribution in [0.4, 0.5) is 5.69 Å². The highest BCUT2D eigenvalue weighted by atomic mass is 16.5. The van der Waals surface area contributed by atoms with Gasteiger partial charge < -0.3 is 14.8 Å². The van der Waals surface area contributed by atoms with E-state index in [1.165, 1.54) is 0 Å². The van der Waals surface area contributed by atoms with Gasteiger partial charge in [-0.15, -0.1) is 0 Å². The van der Waals surface area contributed by atoms with E-state index in [9.17, 15) is 9.59 Å². The summed E-state index contributed by atoms with van der Waals surface area (Å²) in [5.41, 5.74) is 1.07. The first-order valence-electron chi connectivity index (χ1n) is 4.96. The standard InChI is InChI=1S/C11H11NO4/c1-2-15-11(14)7-3-4-9-8(5-7)12-6-10(13)16-9/h3-5,12H,2,6H2,1H3. The van der Waals surface area contributed by atoms with E-state index >= 15 is 0 Å². The molecule has 1 N–H and O–H groups in total. The first-order valence-corrected chi connectivity index (χ1v) is 4.96. The van der Waals surface area contributed by atoms with E-state index in [1.54, 1.807) is 25.1 Å². The number of anilines is 1. The Bertz CT molecular complexity index is 442. The van der Waals surface area contributed by atoms with Crippen molar-refractivity contribution in [2.45, 2.75) is 6.92 Å². The number of benzene rings is 1. The van der Waals surface area contributed by atoms with Gasteiger partial charge in [0, 0.05) is 0 Å². The Hall–Kier alpha value is -2.04. The summed E-state index contributed by atoms with van der Waals surface area (Å²) in [6.07, 6.45) is 0. The molecular weight excluding hydrogens is 210 g/mol. The van der Waals surface area contributed by atoms with E-state index in [2.05, 4.69) is 5.32 Å². The molecule has 1 aromatic rings. The Morgan fingerprint density at radius 1 is 1.56 bits per heavy atom. The molecule has 0 aliphatic carbocycles. The number of carbonyl (C=O) groups excluding carboxylic acids is 2. The van der Waals surface area contributed by atoms with Crippen molar-refractivity contribution in [3.63, 3.8) is 0 Å². The Balaban J connectivity index is 2.26. The molecule has 1 aromatic carbocycles. The molecule has 2 rings (SSSR count). The van der Waals surface area contributed by atoms with Crippen LogP contribution in [-0.4, -0.2) is 25.1 Å². The lowest BCUT2D eigenvalue weighted by Gasteiger charge is -2.17. The van der Waals surface area contributed by atoms with Crippen molar-refractivity contribution in [3.8, 4) is 5.75 Å². The normalized spacial score (nSPS) is 13.4. The Morgan fingerprint density at radius 2 is 2.38 bits per heavy atom. The average Bonchev–Trinajstić information content (AvgIpc) is 2.28. The number of hydrogen-bond acceptors (Lipinski definition) is 5. The summed E-state index contributed by atoms with van der Waals surface area (Å²) in [4.78, 5) is 22.4. The second kappa shape index (κ2) is 4.22. The minimum absolute atomic E-state index is 0.110. The van der Waals surface area contributed by atoms with Crippen LogP contribution < -0.4 is 10.1 Å². The fraction of sp³-hybridized carbons (Fsp3) is 0.273. The number of carbonyl (C=O) groups is 2. The molecule has 0 aromatic heterocycles. The summed E-state index contributed by atoms with van der Waals surface area (Å²) < 4.78 is 9.84. The van der Waals surface area contributed by atoms with Gasteiger partial charge in [-0.1, -0.05) is 0 Å². The van der Waals surface area contributed by atoms with E-state index in [0.29, 0.717) is 23.6 Å². The van der Waals surface area contributed by atoms with Gasteiger partial charge in [-0.2, -0.15) is 0 Å². The summed E-state index contributed by atoms with van der Waals surface area (Å²) in [7, 11) is 0. The SMILES string of the molecule is CCOC(=O)c1ccc2c(c1)NCC(=O)O2. The molecule has 0 fully saturated rings. The molecule has 84 valence electrons. The van der Waals surface area contributed by atoms with Gasteiger partial charge in [-0.05, 0) is 25.1 Å². The van der Waals surface area contributed by atoms with E-state index in [4.69, 9.17) is 9.47 Å². The largest absolute Gasteiger partial charge is 0.462 e. The van der Waals surface area contributed by atoms with Crippen molar-refractivity contribution in [1.82, 2.24) is 0 Å². The third-order valence-corrected chi connectivity index (χ3v) is 2.14. The minimum atomic E-state index is -0.385. The second-order valence-corrected chi connectivity index (χ2v) is 3.26. The van der Waals surface area contributed by atoms with Crippen LogP contribution in [0, 0.1) is 0 Å². The molecule has 0 saturated heterocycles. The van der Waals surface area contributed by atoms with Gasteiger partial charge in [-0.3, -0.25) is 0 Å². The van der Waals surface area contributed by atoms with Gasteiger partial charge in [0.05, 0.1) is 17.9 Å². The van der Waals surface area contributed by atoms with Crippen molar-refractivity contribution in [3.05, 3.63) is 23.8 Å². The maximum Gasteiger partial charge on any atom is 0.338 e. The molecule has 0 unspecified atom stereocenters. The zero-order valence-corrected chi connectivity index (χ0v) is 8.78. The van der Waals surface area contributed by atoms with Gasteiger partial charge in [0.1, 0.15) is 6.54 Å². The molecule has 16 heavy (non-hydrogen) atoms. The van der Waals surface area contributed by atoms with E-state index in [1.807, 2.05) is 0 Å². The van der Waals surface area contributed by atoms with Crippen LogP contribution in [0.15, 0.2) is 18.2 Å². The van der Waals surface area contributed by atoms with Crippen LogP contribution in [0.1, 0.15) is 17.3 Å². The zero-order chi connectivity index (χ0) is 11.5. The highest BCUT2D eigenvalue weighted by molar-refractivity contribution is 5.92. The maximum absolute atomic E-state index is 11.4. The lowest BCUT2D eigenvalue weighted by atomic mass is 10.1. The fourth-order valence-electron chi connectivity index (χ4n) is 1.42. The Kier molecular flexibility index (Phi) is 2.76. The smallest absolute Gasteiger partial charge is 0.338 e. The Labute approximate surface area is 92.4 Å². The van der Waals surface area contributed by atoms with Crippen molar-refractivity contribution < 1.29 is 19.1 Å². The number of nitrogens with one attached hydrogen (secondary N) is 1. The zero-order valence-electron chi connectivity index (χ0n) is 8.78. The van der Waals surface area contributed by atoms with Gasteiger partial charge in [0.2, 0.25) is 0 Å². The average molecular weight is 221 g/mol. The minimum Gasteiger partial charge on any atom is -0.462 e. The van der Waals surface area contributed by atoms with Crippen molar-refractivity contribution in [2.75, 3.05) is 18.5 Å². The molecule has 0 bridgehead atoms. The number of ether oxygens (including phenoxy) is 2. The van der Waals surface area contributed by atoms with E-state index in [0.717, 1.165) is 0 Å². The molecule has 1 heterocycles. The van der Waals surface area contributed by atoms with E-state index < -0.39 is 0 Å². The fourth-order valence-corrected chi connectivity index (χ4v) is 1.42. The lowest BCUT2D eigenvalue weighted by Crippen LogP contribution is -2.25. The first kappa shape index (κ1) is 10.5. The summed E-state index contributed by atoms with van der Waals surface area (Å²) in [5.74, 6) is -0.287. The Morgan fingerprint density at radius 3 is 3.12 bits per heavy atom. The number of rotatable bonds is 2. The molecule has 0 spiro atoms. The lowest BCUT2D eigenvalue weighted by molar-refractivity contribution is -0.132. The van der Waals surface area contributed by atoms with Crippen LogP contribution in [0.2, 0.25) is 0 Å². The molecule has 0 saturated carbocycles. The molecule has 0 amide bonds. The molecule has 1 aliphatic rings. The molecular formula is C11H11NO4.